The first-order valence-corrected chi connectivity index (χ1v) is 33.6. The molecule has 0 radical (unpaired) electrons. The zero-order valence-corrected chi connectivity index (χ0v) is 51.7. The second kappa shape index (κ2) is 66.1. The molecule has 0 heterocycles. The van der Waals surface area contributed by atoms with Crippen LogP contribution in [-0.2, 0) is 28.6 Å². The molecule has 0 aromatic heterocycles. The number of rotatable bonds is 61. The third-order valence-corrected chi connectivity index (χ3v) is 14.6. The zero-order valence-electron chi connectivity index (χ0n) is 51.7. The quantitative estimate of drug-likeness (QED) is 0.0261. The Balaban J connectivity index is 4.21. The van der Waals surface area contributed by atoms with Crippen molar-refractivity contribution in [3.8, 4) is 0 Å². The first-order valence-electron chi connectivity index (χ1n) is 33.6. The highest BCUT2D eigenvalue weighted by molar-refractivity contribution is 5.71. The number of hydrogen-bond donors (Lipinski definition) is 0. The third kappa shape index (κ3) is 63.4. The van der Waals surface area contributed by atoms with Gasteiger partial charge in [0, 0.05) is 19.3 Å². The van der Waals surface area contributed by atoms with Crippen molar-refractivity contribution < 1.29 is 28.6 Å². The lowest BCUT2D eigenvalue weighted by Gasteiger charge is -2.18. The van der Waals surface area contributed by atoms with Gasteiger partial charge in [0.25, 0.3) is 0 Å². The minimum Gasteiger partial charge on any atom is -0.462 e. The van der Waals surface area contributed by atoms with Crippen molar-refractivity contribution in [2.45, 2.75) is 341 Å². The van der Waals surface area contributed by atoms with E-state index in [9.17, 15) is 14.4 Å². The second-order valence-electron chi connectivity index (χ2n) is 22.3. The normalized spacial score (nSPS) is 12.6. The van der Waals surface area contributed by atoms with Crippen molar-refractivity contribution in [1.29, 1.82) is 0 Å². The summed E-state index contributed by atoms with van der Waals surface area (Å²) < 4.78 is 16.9. The van der Waals surface area contributed by atoms with Gasteiger partial charge in [0.2, 0.25) is 0 Å². The molecule has 0 aliphatic heterocycles. The Morgan fingerprint density at radius 3 is 0.846 bits per heavy atom. The summed E-state index contributed by atoms with van der Waals surface area (Å²) in [4.78, 5) is 38.3. The van der Waals surface area contributed by atoms with Gasteiger partial charge < -0.3 is 14.2 Å². The number of carbonyl (C=O) groups excluding carboxylic acids is 3. The number of esters is 3. The van der Waals surface area contributed by atoms with E-state index in [2.05, 4.69) is 106 Å². The topological polar surface area (TPSA) is 78.9 Å². The molecule has 0 rings (SSSR count). The van der Waals surface area contributed by atoms with Crippen LogP contribution in [-0.4, -0.2) is 37.2 Å². The molecule has 78 heavy (non-hydrogen) atoms. The maximum Gasteiger partial charge on any atom is 0.306 e. The fraction of sp³-hybridized carbons (Fsp3) is 0.764. The van der Waals surface area contributed by atoms with Gasteiger partial charge in [0.05, 0.1) is 0 Å². The summed E-state index contributed by atoms with van der Waals surface area (Å²) >= 11 is 0. The van der Waals surface area contributed by atoms with E-state index in [1.54, 1.807) is 0 Å². The van der Waals surface area contributed by atoms with Crippen molar-refractivity contribution in [2.24, 2.45) is 0 Å². The van der Waals surface area contributed by atoms with Gasteiger partial charge >= 0.3 is 17.9 Å². The molecule has 6 heteroatoms. The highest BCUT2D eigenvalue weighted by atomic mass is 16.6. The van der Waals surface area contributed by atoms with Crippen LogP contribution in [0.25, 0.3) is 0 Å². The predicted molar refractivity (Wildman–Crippen MR) is 339 cm³/mol. The molecule has 0 saturated heterocycles. The first-order chi connectivity index (χ1) is 38.5. The minimum absolute atomic E-state index is 0.0790. The van der Waals surface area contributed by atoms with E-state index in [1.165, 1.54) is 193 Å². The van der Waals surface area contributed by atoms with Gasteiger partial charge in [0.15, 0.2) is 6.10 Å². The summed E-state index contributed by atoms with van der Waals surface area (Å²) in [7, 11) is 0. The van der Waals surface area contributed by atoms with Crippen molar-refractivity contribution in [1.82, 2.24) is 0 Å². The van der Waals surface area contributed by atoms with Gasteiger partial charge in [-0.2, -0.15) is 0 Å². The molecule has 0 aromatic rings. The lowest BCUT2D eigenvalue weighted by Crippen LogP contribution is -2.30. The van der Waals surface area contributed by atoms with Crippen molar-refractivity contribution >= 4 is 17.9 Å². The second-order valence-corrected chi connectivity index (χ2v) is 22.3. The van der Waals surface area contributed by atoms with Gasteiger partial charge in [0.1, 0.15) is 13.2 Å². The van der Waals surface area contributed by atoms with Gasteiger partial charge in [-0.25, -0.2) is 0 Å². The summed E-state index contributed by atoms with van der Waals surface area (Å²) in [5.41, 5.74) is 0. The highest BCUT2D eigenvalue weighted by Gasteiger charge is 2.19. The maximum absolute atomic E-state index is 12.9. The van der Waals surface area contributed by atoms with Crippen LogP contribution >= 0.6 is 0 Å². The number of ether oxygens (including phenoxy) is 3. The average Bonchev–Trinajstić information content (AvgIpc) is 3.44. The fourth-order valence-electron chi connectivity index (χ4n) is 9.59. The molecule has 0 aromatic carbocycles. The minimum atomic E-state index is -0.781. The van der Waals surface area contributed by atoms with Crippen LogP contribution in [0, 0.1) is 0 Å². The van der Waals surface area contributed by atoms with E-state index >= 15 is 0 Å². The molecule has 0 aliphatic carbocycles. The van der Waals surface area contributed by atoms with Crippen LogP contribution in [0.2, 0.25) is 0 Å². The predicted octanol–water partition coefficient (Wildman–Crippen LogP) is 23.1. The monoisotopic (exact) mass is 1090 g/mol. The molecule has 0 bridgehead atoms. The summed E-state index contributed by atoms with van der Waals surface area (Å²) in [6.07, 6.45) is 87.5. The van der Waals surface area contributed by atoms with E-state index in [4.69, 9.17) is 14.2 Å². The summed E-state index contributed by atoms with van der Waals surface area (Å²) in [6.45, 7) is 6.49. The maximum atomic E-state index is 12.9. The molecule has 1 unspecified atom stereocenters. The molecular formula is C72H126O6. The van der Waals surface area contributed by atoms with E-state index in [0.717, 1.165) is 103 Å². The number of carbonyl (C=O) groups is 3. The Hall–Kier alpha value is -3.41. The van der Waals surface area contributed by atoms with Gasteiger partial charge in [-0.05, 0) is 109 Å². The molecular weight excluding hydrogens is 961 g/mol. The van der Waals surface area contributed by atoms with E-state index in [0.29, 0.717) is 19.3 Å². The molecule has 0 N–H and O–H groups in total. The van der Waals surface area contributed by atoms with Gasteiger partial charge in [-0.1, -0.05) is 292 Å². The first kappa shape index (κ1) is 74.6. The fourth-order valence-corrected chi connectivity index (χ4v) is 9.59. The van der Waals surface area contributed by atoms with Gasteiger partial charge in [-0.15, -0.1) is 0 Å². The van der Waals surface area contributed by atoms with E-state index in [-0.39, 0.29) is 31.1 Å². The Morgan fingerprint density at radius 2 is 0.526 bits per heavy atom. The third-order valence-electron chi connectivity index (χ3n) is 14.6. The Bertz CT molecular complexity index is 1480. The highest BCUT2D eigenvalue weighted by Crippen LogP contribution is 2.17. The molecule has 0 fully saturated rings. The molecule has 0 aliphatic rings. The van der Waals surface area contributed by atoms with Crippen molar-refractivity contribution in [3.05, 3.63) is 85.1 Å². The standard InChI is InChI=1S/C72H126O6/c1-4-7-10-13-16-19-22-24-26-28-30-32-34-35-36-37-39-40-42-44-46-48-50-53-56-59-62-65-71(74)77-68-69(67-76-70(73)64-61-58-55-52-21-18-15-12-9-6-3)78-72(75)66-63-60-57-54-51-49-47-45-43-41-38-33-31-29-27-25-23-20-17-14-11-8-5-2/h7,10,12,15-16,19,24,26,29-32,35-36,69H,4-6,8-9,11,13-14,17-18,20-23,25,27-28,33-34,37-68H2,1-3H3/b10-7-,15-12-,19-16-,26-24-,31-29-,32-30-,36-35-. The van der Waals surface area contributed by atoms with Crippen molar-refractivity contribution in [2.75, 3.05) is 13.2 Å². The Morgan fingerprint density at radius 1 is 0.269 bits per heavy atom. The molecule has 6 nitrogen and oxygen atoms in total. The number of hydrogen-bond acceptors (Lipinski definition) is 6. The van der Waals surface area contributed by atoms with Crippen molar-refractivity contribution in [3.63, 3.8) is 0 Å². The van der Waals surface area contributed by atoms with E-state index < -0.39 is 6.10 Å². The van der Waals surface area contributed by atoms with Crippen LogP contribution in [0.3, 0.4) is 0 Å². The Kier molecular flexibility index (Phi) is 63.2. The van der Waals surface area contributed by atoms with Crippen LogP contribution in [0.15, 0.2) is 85.1 Å². The van der Waals surface area contributed by atoms with Gasteiger partial charge in [-0.3, -0.25) is 14.4 Å². The lowest BCUT2D eigenvalue weighted by atomic mass is 10.0. The average molecular weight is 1090 g/mol. The van der Waals surface area contributed by atoms with Crippen LogP contribution in [0.1, 0.15) is 335 Å². The molecule has 450 valence electrons. The van der Waals surface area contributed by atoms with Crippen LogP contribution in [0.5, 0.6) is 0 Å². The van der Waals surface area contributed by atoms with E-state index in [1.807, 2.05) is 0 Å². The largest absolute Gasteiger partial charge is 0.462 e. The zero-order chi connectivity index (χ0) is 56.4. The molecule has 0 amide bonds. The van der Waals surface area contributed by atoms with Crippen LogP contribution < -0.4 is 0 Å². The summed E-state index contributed by atoms with van der Waals surface area (Å²) in [5, 5.41) is 0. The smallest absolute Gasteiger partial charge is 0.306 e. The Labute approximate surface area is 484 Å². The SMILES string of the molecule is CC/C=C\C/C=C\C/C=C\C/C=C\C/C=C\CCCCCCCCCCCCCC(=O)OCC(COC(=O)CCCCCCC/C=C\CCC)OC(=O)CCCCCCCCCCCCC/C=C\CCCCCCCCCC. The lowest BCUT2D eigenvalue weighted by molar-refractivity contribution is -0.167. The molecule has 1 atom stereocenters. The van der Waals surface area contributed by atoms with Crippen LogP contribution in [0.4, 0.5) is 0 Å². The summed E-state index contributed by atoms with van der Waals surface area (Å²) in [5.74, 6) is -0.880. The number of unbranched alkanes of at least 4 members (excludes halogenated alkanes) is 36. The summed E-state index contributed by atoms with van der Waals surface area (Å²) in [6, 6.07) is 0. The number of allylic oxidation sites excluding steroid dienone is 14. The molecule has 0 saturated carbocycles. The molecule has 0 spiro atoms.